The van der Waals surface area contributed by atoms with Crippen molar-refractivity contribution in [1.82, 2.24) is 0 Å². The Balaban J connectivity index is 4.85. The monoisotopic (exact) mass is 348 g/mol. The highest BCUT2D eigenvalue weighted by atomic mass is 79.9. The number of allylic oxidation sites excluding steroid dienone is 2. The molecule has 0 amide bonds. The van der Waals surface area contributed by atoms with E-state index in [1.54, 1.807) is 0 Å². The van der Waals surface area contributed by atoms with Crippen molar-refractivity contribution >= 4 is 15.9 Å². The van der Waals surface area contributed by atoms with E-state index in [4.69, 9.17) is 0 Å². The van der Waals surface area contributed by atoms with Gasteiger partial charge in [0.2, 0.25) is 0 Å². The molecule has 0 bridgehead atoms. The zero-order valence-electron chi connectivity index (χ0n) is 13.7. The zero-order valence-corrected chi connectivity index (χ0v) is 15.2. The number of alkyl halides is 1. The minimum Gasteiger partial charge on any atom is -0.390 e. The van der Waals surface area contributed by atoms with E-state index in [9.17, 15) is 10.2 Å². The molecule has 0 spiro atoms. The van der Waals surface area contributed by atoms with E-state index in [0.29, 0.717) is 31.6 Å². The molecule has 0 fully saturated rings. The third-order valence-corrected chi connectivity index (χ3v) is 4.74. The van der Waals surface area contributed by atoms with E-state index in [-0.39, 0.29) is 0 Å². The number of halogens is 1. The molecule has 0 aliphatic rings. The van der Waals surface area contributed by atoms with Gasteiger partial charge in [0.1, 0.15) is 0 Å². The van der Waals surface area contributed by atoms with Crippen LogP contribution in [0.5, 0.6) is 0 Å². The van der Waals surface area contributed by atoms with Crippen LogP contribution in [0.3, 0.4) is 0 Å². The van der Waals surface area contributed by atoms with Gasteiger partial charge in [0, 0.05) is 11.8 Å². The van der Waals surface area contributed by atoms with Gasteiger partial charge in [0.25, 0.3) is 0 Å². The standard InChI is InChI=1S/C17H33BrO2/c1-5-9-10-15(6-2)13-17(20,8-4)14-16(19,7-3)11-12-18/h9-10,15,19-20H,5-8,11-14H2,1-4H3/b10-9+/t15-,16-,17?/m1/s1. The fourth-order valence-electron chi connectivity index (χ4n) is 2.69. The first kappa shape index (κ1) is 20.1. The largest absolute Gasteiger partial charge is 0.390 e. The van der Waals surface area contributed by atoms with Crippen LogP contribution in [0.25, 0.3) is 0 Å². The summed E-state index contributed by atoms with van der Waals surface area (Å²) in [5.41, 5.74) is -1.54. The third kappa shape index (κ3) is 7.24. The second-order valence-electron chi connectivity index (χ2n) is 5.98. The van der Waals surface area contributed by atoms with Crippen LogP contribution in [0.4, 0.5) is 0 Å². The van der Waals surface area contributed by atoms with E-state index in [2.05, 4.69) is 41.9 Å². The van der Waals surface area contributed by atoms with Crippen molar-refractivity contribution in [3.05, 3.63) is 12.2 Å². The van der Waals surface area contributed by atoms with E-state index in [1.165, 1.54) is 0 Å². The molecule has 0 rings (SSSR count). The summed E-state index contributed by atoms with van der Waals surface area (Å²) in [6, 6.07) is 0. The molecule has 0 aliphatic heterocycles. The molecule has 0 aromatic rings. The van der Waals surface area contributed by atoms with Crippen molar-refractivity contribution in [2.45, 2.75) is 83.8 Å². The van der Waals surface area contributed by atoms with Gasteiger partial charge in [-0.3, -0.25) is 0 Å². The normalized spacial score (nSPS) is 19.8. The maximum atomic E-state index is 10.9. The highest BCUT2D eigenvalue weighted by molar-refractivity contribution is 9.09. The second-order valence-corrected chi connectivity index (χ2v) is 6.77. The number of hydrogen-bond acceptors (Lipinski definition) is 2. The van der Waals surface area contributed by atoms with E-state index in [0.717, 1.165) is 24.6 Å². The average Bonchev–Trinajstić information content (AvgIpc) is 2.43. The van der Waals surface area contributed by atoms with Crippen molar-refractivity contribution in [3.8, 4) is 0 Å². The van der Waals surface area contributed by atoms with Crippen molar-refractivity contribution < 1.29 is 10.2 Å². The van der Waals surface area contributed by atoms with Gasteiger partial charge in [-0.25, -0.2) is 0 Å². The molecule has 0 saturated carbocycles. The molecule has 20 heavy (non-hydrogen) atoms. The van der Waals surface area contributed by atoms with Gasteiger partial charge in [-0.2, -0.15) is 0 Å². The van der Waals surface area contributed by atoms with Crippen LogP contribution < -0.4 is 0 Å². The van der Waals surface area contributed by atoms with Crippen LogP contribution in [-0.4, -0.2) is 26.7 Å². The molecule has 0 aliphatic carbocycles. The Kier molecular flexibility index (Phi) is 10.0. The Bertz CT molecular complexity index is 280. The van der Waals surface area contributed by atoms with Gasteiger partial charge in [-0.1, -0.05) is 55.8 Å². The van der Waals surface area contributed by atoms with Gasteiger partial charge in [-0.15, -0.1) is 0 Å². The van der Waals surface area contributed by atoms with Crippen LogP contribution in [0.1, 0.15) is 72.6 Å². The van der Waals surface area contributed by atoms with Gasteiger partial charge >= 0.3 is 0 Å². The highest BCUT2D eigenvalue weighted by Crippen LogP contribution is 2.35. The third-order valence-electron chi connectivity index (χ3n) is 4.34. The molecule has 120 valence electrons. The second kappa shape index (κ2) is 9.97. The first-order valence-corrected chi connectivity index (χ1v) is 9.18. The molecule has 3 heteroatoms. The van der Waals surface area contributed by atoms with Crippen molar-refractivity contribution in [1.29, 1.82) is 0 Å². The maximum Gasteiger partial charge on any atom is 0.0680 e. The lowest BCUT2D eigenvalue weighted by Crippen LogP contribution is -2.42. The van der Waals surface area contributed by atoms with Gasteiger partial charge < -0.3 is 10.2 Å². The number of aliphatic hydroxyl groups is 2. The summed E-state index contributed by atoms with van der Waals surface area (Å²) in [6.45, 7) is 8.29. The summed E-state index contributed by atoms with van der Waals surface area (Å²) >= 11 is 3.40. The predicted molar refractivity (Wildman–Crippen MR) is 91.3 cm³/mol. The SMILES string of the molecule is CC/C=C/[C@@H](CC)CC(O)(CC)C[C@@](O)(CC)CCBr. The fraction of sp³-hybridized carbons (Fsp3) is 0.882. The molecule has 0 radical (unpaired) electrons. The molecular weight excluding hydrogens is 316 g/mol. The Morgan fingerprint density at radius 1 is 1.05 bits per heavy atom. The fourth-order valence-corrected chi connectivity index (χ4v) is 3.42. The Hall–Kier alpha value is 0.140. The van der Waals surface area contributed by atoms with Gasteiger partial charge in [0.15, 0.2) is 0 Å². The molecule has 2 nitrogen and oxygen atoms in total. The van der Waals surface area contributed by atoms with Crippen LogP contribution >= 0.6 is 15.9 Å². The lowest BCUT2D eigenvalue weighted by atomic mass is 9.77. The molecule has 0 aromatic heterocycles. The van der Waals surface area contributed by atoms with Crippen molar-refractivity contribution in [2.75, 3.05) is 5.33 Å². The summed E-state index contributed by atoms with van der Waals surface area (Å²) in [6.07, 6.45) is 9.72. The van der Waals surface area contributed by atoms with E-state index < -0.39 is 11.2 Å². The van der Waals surface area contributed by atoms with E-state index in [1.807, 2.05) is 13.8 Å². The smallest absolute Gasteiger partial charge is 0.0680 e. The van der Waals surface area contributed by atoms with E-state index >= 15 is 0 Å². The van der Waals surface area contributed by atoms with Crippen LogP contribution in [0.15, 0.2) is 12.2 Å². The molecule has 0 aromatic carbocycles. The minimum absolute atomic E-state index is 0.393. The molecular formula is C17H33BrO2. The number of hydrogen-bond donors (Lipinski definition) is 2. The average molecular weight is 349 g/mol. The quantitative estimate of drug-likeness (QED) is 0.414. The van der Waals surface area contributed by atoms with Gasteiger partial charge in [0.05, 0.1) is 11.2 Å². The lowest BCUT2D eigenvalue weighted by Gasteiger charge is -2.38. The topological polar surface area (TPSA) is 40.5 Å². The first-order chi connectivity index (χ1) is 9.38. The maximum absolute atomic E-state index is 10.9. The molecule has 0 saturated heterocycles. The summed E-state index contributed by atoms with van der Waals surface area (Å²) in [7, 11) is 0. The Labute approximate surface area is 133 Å². The summed E-state index contributed by atoms with van der Waals surface area (Å²) in [5, 5.41) is 22.3. The summed E-state index contributed by atoms with van der Waals surface area (Å²) < 4.78 is 0. The molecule has 0 heterocycles. The predicted octanol–water partition coefficient (Wildman–Crippen LogP) is 4.83. The zero-order chi connectivity index (χ0) is 15.6. The van der Waals surface area contributed by atoms with Crippen LogP contribution in [0, 0.1) is 5.92 Å². The van der Waals surface area contributed by atoms with Crippen LogP contribution in [0.2, 0.25) is 0 Å². The summed E-state index contributed by atoms with van der Waals surface area (Å²) in [4.78, 5) is 0. The molecule has 1 unspecified atom stereocenters. The molecule has 2 N–H and O–H groups in total. The van der Waals surface area contributed by atoms with Crippen molar-refractivity contribution in [2.24, 2.45) is 5.92 Å². The number of rotatable bonds is 11. The Morgan fingerprint density at radius 3 is 2.05 bits per heavy atom. The highest BCUT2D eigenvalue weighted by Gasteiger charge is 2.37. The lowest BCUT2D eigenvalue weighted by molar-refractivity contribution is -0.0780. The Morgan fingerprint density at radius 2 is 1.65 bits per heavy atom. The van der Waals surface area contributed by atoms with Crippen LogP contribution in [-0.2, 0) is 0 Å². The first-order valence-electron chi connectivity index (χ1n) is 8.06. The molecule has 3 atom stereocenters. The summed E-state index contributed by atoms with van der Waals surface area (Å²) in [5.74, 6) is 0.393. The minimum atomic E-state index is -0.772. The van der Waals surface area contributed by atoms with Crippen molar-refractivity contribution in [3.63, 3.8) is 0 Å². The van der Waals surface area contributed by atoms with Gasteiger partial charge in [-0.05, 0) is 44.4 Å².